The number of nitrogens with zero attached hydrogens (tertiary/aromatic N) is 1. The molecule has 0 saturated carbocycles. The molecule has 2 aliphatic heterocycles. The quantitative estimate of drug-likeness (QED) is 0.702. The molecule has 0 radical (unpaired) electrons. The summed E-state index contributed by atoms with van der Waals surface area (Å²) in [4.78, 5) is 13.7. The van der Waals surface area contributed by atoms with E-state index < -0.39 is 29.8 Å². The molecule has 7 heteroatoms. The molecular weight excluding hydrogens is 294 g/mol. The molecule has 2 saturated heterocycles. The number of amides is 1. The largest absolute Gasteiger partial charge is 0.394 e. The van der Waals surface area contributed by atoms with Crippen molar-refractivity contribution in [3.05, 3.63) is 30.3 Å². The van der Waals surface area contributed by atoms with Gasteiger partial charge in [-0.2, -0.15) is 0 Å². The van der Waals surface area contributed by atoms with Crippen LogP contribution in [-0.2, 0) is 9.53 Å². The number of ether oxygens (including phenoxy) is 1. The zero-order chi connectivity index (χ0) is 15.0. The fourth-order valence-corrected chi connectivity index (χ4v) is 3.98. The molecule has 2 heterocycles. The van der Waals surface area contributed by atoms with Gasteiger partial charge < -0.3 is 20.1 Å². The van der Waals surface area contributed by atoms with Crippen molar-refractivity contribution in [3.63, 3.8) is 0 Å². The van der Waals surface area contributed by atoms with Crippen LogP contribution < -0.4 is 4.90 Å². The van der Waals surface area contributed by atoms with Crippen molar-refractivity contribution in [2.24, 2.45) is 0 Å². The van der Waals surface area contributed by atoms with E-state index in [-0.39, 0.29) is 12.5 Å². The van der Waals surface area contributed by atoms with E-state index in [2.05, 4.69) is 0 Å². The van der Waals surface area contributed by atoms with Gasteiger partial charge >= 0.3 is 0 Å². The molecule has 114 valence electrons. The molecular formula is C14H17NO5S. The van der Waals surface area contributed by atoms with Crippen LogP contribution in [0.4, 0.5) is 5.69 Å². The first-order valence-electron chi connectivity index (χ1n) is 6.74. The summed E-state index contributed by atoms with van der Waals surface area (Å²) in [6.45, 7) is -0.370. The third-order valence-electron chi connectivity index (χ3n) is 3.80. The Morgan fingerprint density at radius 3 is 2.57 bits per heavy atom. The number of thioether (sulfide) groups is 1. The van der Waals surface area contributed by atoms with Gasteiger partial charge in [-0.25, -0.2) is 0 Å². The maximum absolute atomic E-state index is 12.1. The Labute approximate surface area is 126 Å². The number of hydrogen-bond donors (Lipinski definition) is 3. The van der Waals surface area contributed by atoms with Crippen LogP contribution in [0.2, 0.25) is 0 Å². The second-order valence-electron chi connectivity index (χ2n) is 5.10. The van der Waals surface area contributed by atoms with Gasteiger partial charge in [-0.05, 0) is 12.1 Å². The Kier molecular flexibility index (Phi) is 4.19. The SMILES string of the molecule is O=C1CSC([C@@H]2O[C@H](CO)[C@@H](O)[C@@H]2O)N1c1ccccc1. The van der Waals surface area contributed by atoms with E-state index in [9.17, 15) is 15.0 Å². The molecule has 2 fully saturated rings. The number of hydrogen-bond acceptors (Lipinski definition) is 6. The minimum atomic E-state index is -1.14. The highest BCUT2D eigenvalue weighted by Gasteiger charge is 2.50. The molecule has 3 rings (SSSR count). The minimum absolute atomic E-state index is 0.0612. The van der Waals surface area contributed by atoms with E-state index in [0.717, 1.165) is 5.69 Å². The smallest absolute Gasteiger partial charge is 0.238 e. The average molecular weight is 311 g/mol. The van der Waals surface area contributed by atoms with Crippen LogP contribution in [0, 0.1) is 0 Å². The van der Waals surface area contributed by atoms with Gasteiger partial charge in [-0.15, -0.1) is 11.8 Å². The van der Waals surface area contributed by atoms with E-state index in [4.69, 9.17) is 9.84 Å². The van der Waals surface area contributed by atoms with Gasteiger partial charge in [0.05, 0.1) is 12.4 Å². The predicted molar refractivity (Wildman–Crippen MR) is 77.9 cm³/mol. The van der Waals surface area contributed by atoms with Crippen LogP contribution in [-0.4, -0.2) is 63.4 Å². The topological polar surface area (TPSA) is 90.2 Å². The van der Waals surface area contributed by atoms with Gasteiger partial charge in [-0.3, -0.25) is 9.69 Å². The molecule has 2 aliphatic rings. The Bertz CT molecular complexity index is 513. The number of rotatable bonds is 3. The van der Waals surface area contributed by atoms with Crippen LogP contribution in [0.25, 0.3) is 0 Å². The first-order chi connectivity index (χ1) is 10.1. The van der Waals surface area contributed by atoms with Crippen molar-refractivity contribution in [2.75, 3.05) is 17.3 Å². The number of aliphatic hydroxyl groups is 3. The van der Waals surface area contributed by atoms with Gasteiger partial charge in [0.2, 0.25) is 5.91 Å². The summed E-state index contributed by atoms with van der Waals surface area (Å²) in [7, 11) is 0. The molecule has 0 spiro atoms. The van der Waals surface area contributed by atoms with Crippen LogP contribution in [0.3, 0.4) is 0 Å². The minimum Gasteiger partial charge on any atom is -0.394 e. The molecule has 5 atom stereocenters. The maximum atomic E-state index is 12.1. The predicted octanol–water partition coefficient (Wildman–Crippen LogP) is -0.426. The maximum Gasteiger partial charge on any atom is 0.238 e. The van der Waals surface area contributed by atoms with Crippen LogP contribution in [0.5, 0.6) is 0 Å². The van der Waals surface area contributed by atoms with Gasteiger partial charge in [-0.1, -0.05) is 18.2 Å². The van der Waals surface area contributed by atoms with Crippen molar-refractivity contribution >= 4 is 23.4 Å². The van der Waals surface area contributed by atoms with E-state index >= 15 is 0 Å². The monoisotopic (exact) mass is 311 g/mol. The molecule has 3 N–H and O–H groups in total. The normalized spacial score (nSPS) is 36.4. The summed E-state index contributed by atoms with van der Waals surface area (Å²) < 4.78 is 5.55. The summed E-state index contributed by atoms with van der Waals surface area (Å²) in [6.07, 6.45) is -3.82. The lowest BCUT2D eigenvalue weighted by molar-refractivity contribution is -0.116. The number of para-hydroxylation sites is 1. The zero-order valence-corrected chi connectivity index (χ0v) is 12.0. The van der Waals surface area contributed by atoms with Gasteiger partial charge in [0.15, 0.2) is 0 Å². The number of anilines is 1. The first-order valence-corrected chi connectivity index (χ1v) is 7.79. The molecule has 0 aromatic heterocycles. The van der Waals surface area contributed by atoms with E-state index in [1.54, 1.807) is 4.90 Å². The lowest BCUT2D eigenvalue weighted by Crippen LogP contribution is -2.46. The number of carbonyl (C=O) groups is 1. The second-order valence-corrected chi connectivity index (χ2v) is 6.21. The molecule has 1 unspecified atom stereocenters. The van der Waals surface area contributed by atoms with Crippen LogP contribution in [0.15, 0.2) is 30.3 Å². The molecule has 0 aliphatic carbocycles. The lowest BCUT2D eigenvalue weighted by atomic mass is 10.1. The Hall–Kier alpha value is -1.12. The van der Waals surface area contributed by atoms with Gasteiger partial charge in [0.25, 0.3) is 0 Å². The second kappa shape index (κ2) is 5.94. The van der Waals surface area contributed by atoms with Crippen molar-refractivity contribution < 1.29 is 24.9 Å². The zero-order valence-electron chi connectivity index (χ0n) is 11.2. The summed E-state index contributed by atoms with van der Waals surface area (Å²) in [5, 5.41) is 28.7. The van der Waals surface area contributed by atoms with Crippen molar-refractivity contribution in [1.82, 2.24) is 0 Å². The summed E-state index contributed by atoms with van der Waals surface area (Å²) in [6, 6.07) is 9.16. The molecule has 21 heavy (non-hydrogen) atoms. The molecule has 6 nitrogen and oxygen atoms in total. The van der Waals surface area contributed by atoms with Crippen molar-refractivity contribution in [2.45, 2.75) is 29.8 Å². The number of carbonyl (C=O) groups excluding carboxylic acids is 1. The average Bonchev–Trinajstić information content (AvgIpc) is 3.02. The van der Waals surface area contributed by atoms with E-state index in [0.29, 0.717) is 5.75 Å². The summed E-state index contributed by atoms with van der Waals surface area (Å²) in [5.41, 5.74) is 0.732. The summed E-state index contributed by atoms with van der Waals surface area (Å²) >= 11 is 1.37. The van der Waals surface area contributed by atoms with E-state index in [1.807, 2.05) is 30.3 Å². The molecule has 1 aromatic rings. The van der Waals surface area contributed by atoms with Crippen molar-refractivity contribution in [1.29, 1.82) is 0 Å². The Balaban J connectivity index is 1.86. The highest BCUT2D eigenvalue weighted by Crippen LogP contribution is 2.38. The molecule has 0 bridgehead atoms. The fourth-order valence-electron chi connectivity index (χ4n) is 2.73. The highest BCUT2D eigenvalue weighted by atomic mass is 32.2. The fraction of sp³-hybridized carbons (Fsp3) is 0.500. The number of aliphatic hydroxyl groups excluding tert-OH is 3. The highest BCUT2D eigenvalue weighted by molar-refractivity contribution is 8.01. The first kappa shape index (κ1) is 14.8. The van der Waals surface area contributed by atoms with Crippen LogP contribution in [0.1, 0.15) is 0 Å². The molecule has 1 aromatic carbocycles. The summed E-state index contributed by atoms with van der Waals surface area (Å²) in [5.74, 6) is 0.236. The van der Waals surface area contributed by atoms with Gasteiger partial charge in [0.1, 0.15) is 29.8 Å². The Morgan fingerprint density at radius 1 is 1.24 bits per heavy atom. The van der Waals surface area contributed by atoms with Gasteiger partial charge in [0, 0.05) is 5.69 Å². The van der Waals surface area contributed by atoms with E-state index in [1.165, 1.54) is 11.8 Å². The number of benzene rings is 1. The van der Waals surface area contributed by atoms with Crippen molar-refractivity contribution in [3.8, 4) is 0 Å². The third-order valence-corrected chi connectivity index (χ3v) is 5.03. The lowest BCUT2D eigenvalue weighted by Gasteiger charge is -2.29. The van der Waals surface area contributed by atoms with Crippen LogP contribution >= 0.6 is 11.8 Å². The standard InChI is InChI=1S/C14H17NO5S/c16-6-9-11(18)12(19)13(20-9)14-15(10(17)7-21-14)8-4-2-1-3-5-8/h1-5,9,11-14,16,18-19H,6-7H2/t9-,11-,12+,13-,14?/m1/s1. The Morgan fingerprint density at radius 2 is 1.95 bits per heavy atom. The molecule has 1 amide bonds. The third kappa shape index (κ3) is 2.56.